The van der Waals surface area contributed by atoms with Gasteiger partial charge < -0.3 is 15.4 Å². The Labute approximate surface area is 207 Å². The molecule has 2 rings (SSSR count). The summed E-state index contributed by atoms with van der Waals surface area (Å²) in [4.78, 5) is 7.38. The van der Waals surface area contributed by atoms with E-state index in [1.165, 1.54) is 38.4 Å². The predicted molar refractivity (Wildman–Crippen MR) is 140 cm³/mol. The van der Waals surface area contributed by atoms with E-state index in [1.54, 1.807) is 0 Å². The number of morpholine rings is 1. The Bertz CT molecular complexity index is 643. The van der Waals surface area contributed by atoms with E-state index in [1.807, 2.05) is 0 Å². The Hall–Kier alpha value is -0.130. The maximum atomic E-state index is 11.5. The molecule has 1 aliphatic heterocycles. The number of hydrogen-bond donors (Lipinski definition) is 2. The van der Waals surface area contributed by atoms with E-state index < -0.39 is 9.84 Å². The van der Waals surface area contributed by atoms with Gasteiger partial charge in [-0.1, -0.05) is 33.1 Å². The lowest BCUT2D eigenvalue weighted by molar-refractivity contribution is 0.00820. The van der Waals surface area contributed by atoms with Crippen molar-refractivity contribution in [2.75, 3.05) is 64.5 Å². The van der Waals surface area contributed by atoms with E-state index in [2.05, 4.69) is 36.3 Å². The Balaban J connectivity index is 0.00000480. The molecule has 1 heterocycles. The zero-order valence-electron chi connectivity index (χ0n) is 20.0. The highest BCUT2D eigenvalue weighted by Gasteiger charge is 2.34. The molecule has 0 aromatic rings. The van der Waals surface area contributed by atoms with Crippen LogP contribution in [-0.4, -0.2) is 83.8 Å². The molecule has 0 amide bonds. The summed E-state index contributed by atoms with van der Waals surface area (Å²) in [6.45, 7) is 13.5. The van der Waals surface area contributed by atoms with Crippen molar-refractivity contribution in [2.45, 2.75) is 59.3 Å². The largest absolute Gasteiger partial charge is 0.379 e. The summed E-state index contributed by atoms with van der Waals surface area (Å²) >= 11 is 0. The van der Waals surface area contributed by atoms with Gasteiger partial charge in [0.05, 0.1) is 19.0 Å². The van der Waals surface area contributed by atoms with E-state index in [4.69, 9.17) is 9.73 Å². The fourth-order valence-electron chi connectivity index (χ4n) is 4.37. The molecule has 0 aromatic carbocycles. The Morgan fingerprint density at radius 1 is 1.13 bits per heavy atom. The van der Waals surface area contributed by atoms with Gasteiger partial charge in [0.1, 0.15) is 9.84 Å². The van der Waals surface area contributed by atoms with Crippen molar-refractivity contribution >= 4 is 39.8 Å². The smallest absolute Gasteiger partial charge is 0.191 e. The van der Waals surface area contributed by atoms with Crippen LogP contribution in [-0.2, 0) is 14.6 Å². The van der Waals surface area contributed by atoms with Crippen LogP contribution in [0.15, 0.2) is 4.99 Å². The molecule has 7 nitrogen and oxygen atoms in total. The third-order valence-corrected chi connectivity index (χ3v) is 7.31. The number of ether oxygens (including phenoxy) is 1. The van der Waals surface area contributed by atoms with Gasteiger partial charge in [-0.25, -0.2) is 8.42 Å². The number of aliphatic imine (C=N–C) groups is 1. The quantitative estimate of drug-likeness (QED) is 0.238. The van der Waals surface area contributed by atoms with Crippen LogP contribution in [0.5, 0.6) is 0 Å². The zero-order chi connectivity index (χ0) is 22.1. The molecule has 0 unspecified atom stereocenters. The minimum absolute atomic E-state index is 0. The van der Waals surface area contributed by atoms with Gasteiger partial charge >= 0.3 is 0 Å². The molecule has 1 saturated carbocycles. The van der Waals surface area contributed by atoms with Crippen LogP contribution in [0.3, 0.4) is 0 Å². The number of hydrogen-bond acceptors (Lipinski definition) is 5. The topological polar surface area (TPSA) is 83.0 Å². The van der Waals surface area contributed by atoms with Gasteiger partial charge in [-0.3, -0.25) is 9.89 Å². The van der Waals surface area contributed by atoms with Crippen molar-refractivity contribution in [1.29, 1.82) is 0 Å². The van der Waals surface area contributed by atoms with E-state index in [9.17, 15) is 8.42 Å². The molecule has 2 aliphatic rings. The highest BCUT2D eigenvalue weighted by Crippen LogP contribution is 2.36. The van der Waals surface area contributed by atoms with Crippen LogP contribution >= 0.6 is 24.0 Å². The molecule has 0 bridgehead atoms. The maximum absolute atomic E-state index is 11.5. The van der Waals surface area contributed by atoms with Gasteiger partial charge in [-0.15, -0.1) is 24.0 Å². The molecule has 1 aliphatic carbocycles. The van der Waals surface area contributed by atoms with E-state index >= 15 is 0 Å². The lowest BCUT2D eigenvalue weighted by Crippen LogP contribution is -2.51. The number of sulfone groups is 1. The van der Waals surface area contributed by atoms with E-state index in [0.29, 0.717) is 13.0 Å². The normalized spacial score (nSPS) is 20.7. The second-order valence-electron chi connectivity index (χ2n) is 10.0. The molecule has 1 saturated heterocycles. The van der Waals surface area contributed by atoms with Crippen LogP contribution < -0.4 is 10.6 Å². The monoisotopic (exact) mass is 572 g/mol. The summed E-state index contributed by atoms with van der Waals surface area (Å²) in [6, 6.07) is 0. The number of guanidine groups is 1. The summed E-state index contributed by atoms with van der Waals surface area (Å²) in [7, 11) is -2.95. The summed E-state index contributed by atoms with van der Waals surface area (Å²) in [5.41, 5.74) is 0.138. The molecule has 2 N–H and O–H groups in total. The Kier molecular flexibility index (Phi) is 12.6. The molecule has 0 atom stereocenters. The van der Waals surface area contributed by atoms with Crippen LogP contribution in [0.1, 0.15) is 59.3 Å². The highest BCUT2D eigenvalue weighted by atomic mass is 127. The molecule has 184 valence electrons. The second-order valence-corrected chi connectivity index (χ2v) is 12.3. The summed E-state index contributed by atoms with van der Waals surface area (Å²) in [6.07, 6.45) is 8.39. The van der Waals surface area contributed by atoms with Gasteiger partial charge in [0.25, 0.3) is 0 Å². The summed E-state index contributed by atoms with van der Waals surface area (Å²) in [5.74, 6) is 1.05. The molecule has 9 heteroatoms. The van der Waals surface area contributed by atoms with Crippen LogP contribution in [0.2, 0.25) is 0 Å². The molecule has 0 aromatic heterocycles. The lowest BCUT2D eigenvalue weighted by Gasteiger charge is -2.42. The van der Waals surface area contributed by atoms with Gasteiger partial charge in [-0.2, -0.15) is 0 Å². The fraction of sp³-hybridized carbons (Fsp3) is 0.955. The van der Waals surface area contributed by atoms with Gasteiger partial charge in [0.15, 0.2) is 5.96 Å². The maximum Gasteiger partial charge on any atom is 0.191 e. The number of nitrogens with zero attached hydrogens (tertiary/aromatic N) is 2. The van der Waals surface area contributed by atoms with Crippen molar-refractivity contribution in [2.24, 2.45) is 15.8 Å². The summed E-state index contributed by atoms with van der Waals surface area (Å²) < 4.78 is 28.6. The van der Waals surface area contributed by atoms with Gasteiger partial charge in [0.2, 0.25) is 0 Å². The predicted octanol–water partition coefficient (Wildman–Crippen LogP) is 2.90. The molecule has 2 fully saturated rings. The standard InChI is InChI=1S/C22H44N4O3S.HI/c1-5-23-20(24-17-21(2,3)11-16-30(4,27)28)25-18-22(9-7-6-8-10-22)19-26-12-14-29-15-13-26;/h5-19H2,1-4H3,(H2,23,24,25);1H. The third kappa shape index (κ3) is 11.5. The Morgan fingerprint density at radius 2 is 1.77 bits per heavy atom. The lowest BCUT2D eigenvalue weighted by atomic mass is 9.73. The van der Waals surface area contributed by atoms with Crippen LogP contribution in [0.25, 0.3) is 0 Å². The van der Waals surface area contributed by atoms with Crippen molar-refractivity contribution in [3.05, 3.63) is 0 Å². The van der Waals surface area contributed by atoms with Crippen molar-refractivity contribution in [1.82, 2.24) is 15.5 Å². The summed E-state index contributed by atoms with van der Waals surface area (Å²) in [5, 5.41) is 7.00. The van der Waals surface area contributed by atoms with Crippen molar-refractivity contribution in [3.8, 4) is 0 Å². The van der Waals surface area contributed by atoms with Crippen molar-refractivity contribution < 1.29 is 13.2 Å². The minimum atomic E-state index is -2.95. The third-order valence-electron chi connectivity index (χ3n) is 6.37. The van der Waals surface area contributed by atoms with E-state index in [0.717, 1.165) is 51.9 Å². The second kappa shape index (κ2) is 13.5. The highest BCUT2D eigenvalue weighted by molar-refractivity contribution is 14.0. The number of rotatable bonds is 10. The van der Waals surface area contributed by atoms with Crippen molar-refractivity contribution in [3.63, 3.8) is 0 Å². The van der Waals surface area contributed by atoms with Crippen LogP contribution in [0, 0.1) is 10.8 Å². The average Bonchev–Trinajstić information content (AvgIpc) is 2.70. The Morgan fingerprint density at radius 3 is 2.35 bits per heavy atom. The van der Waals surface area contributed by atoms with Gasteiger partial charge in [0, 0.05) is 50.9 Å². The molecular formula is C22H45IN4O3S. The number of nitrogens with one attached hydrogen (secondary N) is 2. The van der Waals surface area contributed by atoms with Crippen LogP contribution in [0.4, 0.5) is 0 Å². The zero-order valence-corrected chi connectivity index (χ0v) is 23.2. The minimum Gasteiger partial charge on any atom is -0.379 e. The first-order chi connectivity index (χ1) is 14.1. The first kappa shape index (κ1) is 28.9. The first-order valence-electron chi connectivity index (χ1n) is 11.6. The molecule has 0 spiro atoms. The first-order valence-corrected chi connectivity index (χ1v) is 13.7. The molecule has 0 radical (unpaired) electrons. The van der Waals surface area contributed by atoms with E-state index in [-0.39, 0.29) is 40.6 Å². The average molecular weight is 573 g/mol. The number of halogens is 1. The SMILES string of the molecule is CCNC(=NCC(C)(C)CCS(C)(=O)=O)NCC1(CN2CCOCC2)CCCCC1.I. The molecular weight excluding hydrogens is 527 g/mol. The fourth-order valence-corrected chi connectivity index (χ4v) is 5.30. The van der Waals surface area contributed by atoms with Gasteiger partial charge in [-0.05, 0) is 31.6 Å². The molecule has 31 heavy (non-hydrogen) atoms.